The number of pyridine rings is 1. The molecular formula is C14H8ClFN2O. The fourth-order valence-corrected chi connectivity index (χ4v) is 1.61. The van der Waals surface area contributed by atoms with Crippen molar-refractivity contribution in [1.82, 2.24) is 4.98 Å². The van der Waals surface area contributed by atoms with E-state index in [1.54, 1.807) is 0 Å². The molecule has 0 aliphatic carbocycles. The van der Waals surface area contributed by atoms with E-state index in [9.17, 15) is 9.18 Å². The first-order valence-electron chi connectivity index (χ1n) is 5.29. The summed E-state index contributed by atoms with van der Waals surface area (Å²) < 4.78 is 13.6. The topological polar surface area (TPSA) is 42.0 Å². The highest BCUT2D eigenvalue weighted by atomic mass is 35.5. The monoisotopic (exact) mass is 274 g/mol. The molecule has 1 heterocycles. The number of hydrogen-bond acceptors (Lipinski definition) is 2. The summed E-state index contributed by atoms with van der Waals surface area (Å²) >= 11 is 5.63. The molecule has 0 radical (unpaired) electrons. The number of aromatic nitrogens is 1. The molecule has 0 unspecified atom stereocenters. The molecule has 0 saturated heterocycles. The van der Waals surface area contributed by atoms with Crippen LogP contribution >= 0.6 is 11.6 Å². The van der Waals surface area contributed by atoms with Crippen molar-refractivity contribution in [3.05, 3.63) is 58.6 Å². The second kappa shape index (κ2) is 5.51. The zero-order valence-corrected chi connectivity index (χ0v) is 10.4. The van der Waals surface area contributed by atoms with Crippen LogP contribution in [0.1, 0.15) is 15.9 Å². The van der Waals surface area contributed by atoms with Gasteiger partial charge in [-0.3, -0.25) is 9.78 Å². The molecule has 0 saturated carbocycles. The molecule has 0 aliphatic heterocycles. The predicted molar refractivity (Wildman–Crippen MR) is 71.5 cm³/mol. The van der Waals surface area contributed by atoms with Crippen LogP contribution in [0.15, 0.2) is 36.7 Å². The maximum atomic E-state index is 13.6. The Bertz CT molecular complexity index is 679. The molecule has 0 bridgehead atoms. The van der Waals surface area contributed by atoms with Gasteiger partial charge >= 0.3 is 0 Å². The Morgan fingerprint density at radius 1 is 1.42 bits per heavy atom. The van der Waals surface area contributed by atoms with Crippen LogP contribution in [0.25, 0.3) is 0 Å². The van der Waals surface area contributed by atoms with E-state index < -0.39 is 11.7 Å². The van der Waals surface area contributed by atoms with E-state index in [2.05, 4.69) is 16.2 Å². The van der Waals surface area contributed by atoms with Gasteiger partial charge in [-0.1, -0.05) is 23.6 Å². The predicted octanol–water partition coefficient (Wildman–Crippen LogP) is 3.11. The minimum atomic E-state index is -0.682. The number of nitrogens with one attached hydrogen (secondary N) is 1. The van der Waals surface area contributed by atoms with Crippen LogP contribution in [0, 0.1) is 18.2 Å². The molecule has 2 aromatic rings. The van der Waals surface area contributed by atoms with Gasteiger partial charge in [0.25, 0.3) is 5.91 Å². The summed E-state index contributed by atoms with van der Waals surface area (Å²) in [4.78, 5) is 15.8. The Morgan fingerprint density at radius 2 is 2.21 bits per heavy atom. The summed E-state index contributed by atoms with van der Waals surface area (Å²) in [6, 6.07) is 5.84. The van der Waals surface area contributed by atoms with Crippen LogP contribution in [0.5, 0.6) is 0 Å². The second-order valence-electron chi connectivity index (χ2n) is 3.66. The normalized spacial score (nSPS) is 9.74. The van der Waals surface area contributed by atoms with Crippen LogP contribution in [-0.2, 0) is 0 Å². The Morgan fingerprint density at radius 3 is 2.95 bits per heavy atom. The van der Waals surface area contributed by atoms with Crippen molar-refractivity contribution < 1.29 is 9.18 Å². The fourth-order valence-electron chi connectivity index (χ4n) is 1.44. The van der Waals surface area contributed by atoms with Crippen molar-refractivity contribution in [2.75, 3.05) is 5.32 Å². The van der Waals surface area contributed by atoms with Crippen LogP contribution < -0.4 is 5.32 Å². The highest BCUT2D eigenvalue weighted by Crippen LogP contribution is 2.22. The molecule has 1 N–H and O–H groups in total. The van der Waals surface area contributed by atoms with Crippen molar-refractivity contribution >= 4 is 23.2 Å². The molecule has 5 heteroatoms. The molecule has 2 rings (SSSR count). The minimum absolute atomic E-state index is 0.00334. The number of amides is 1. The summed E-state index contributed by atoms with van der Waals surface area (Å²) in [6.45, 7) is 0. The first-order chi connectivity index (χ1) is 9.11. The molecule has 1 aromatic heterocycles. The van der Waals surface area contributed by atoms with Crippen LogP contribution in [0.3, 0.4) is 0 Å². The van der Waals surface area contributed by atoms with Gasteiger partial charge in [0.2, 0.25) is 0 Å². The quantitative estimate of drug-likeness (QED) is 0.855. The molecule has 1 amide bonds. The maximum Gasteiger partial charge on any atom is 0.257 e. The Labute approximate surface area is 114 Å². The van der Waals surface area contributed by atoms with Gasteiger partial charge in [-0.05, 0) is 18.2 Å². The van der Waals surface area contributed by atoms with E-state index in [4.69, 9.17) is 18.0 Å². The largest absolute Gasteiger partial charge is 0.319 e. The number of halogens is 2. The molecule has 0 atom stereocenters. The number of anilines is 1. The van der Waals surface area contributed by atoms with Gasteiger partial charge in [0, 0.05) is 18.0 Å². The zero-order chi connectivity index (χ0) is 13.8. The lowest BCUT2D eigenvalue weighted by molar-refractivity contribution is 0.102. The number of terminal acetylenes is 1. The molecule has 0 fully saturated rings. The van der Waals surface area contributed by atoms with Crippen LogP contribution in [-0.4, -0.2) is 10.9 Å². The van der Waals surface area contributed by atoms with E-state index >= 15 is 0 Å². The highest BCUT2D eigenvalue weighted by molar-refractivity contribution is 6.31. The number of nitrogens with zero attached hydrogens (tertiary/aromatic N) is 1. The summed E-state index contributed by atoms with van der Waals surface area (Å²) in [5.74, 6) is 1.18. The number of hydrogen-bond donors (Lipinski definition) is 1. The molecule has 94 valence electrons. The van der Waals surface area contributed by atoms with Crippen molar-refractivity contribution in [1.29, 1.82) is 0 Å². The van der Waals surface area contributed by atoms with Gasteiger partial charge in [-0.15, -0.1) is 6.42 Å². The molecule has 19 heavy (non-hydrogen) atoms. The van der Waals surface area contributed by atoms with Crippen molar-refractivity contribution in [2.45, 2.75) is 0 Å². The van der Waals surface area contributed by atoms with E-state index in [0.717, 1.165) is 0 Å². The number of carbonyl (C=O) groups is 1. The molecule has 1 aromatic carbocycles. The zero-order valence-electron chi connectivity index (χ0n) is 9.65. The third-order valence-corrected chi connectivity index (χ3v) is 2.66. The number of benzene rings is 1. The van der Waals surface area contributed by atoms with Crippen molar-refractivity contribution in [3.63, 3.8) is 0 Å². The first kappa shape index (κ1) is 13.1. The molecular weight excluding hydrogens is 267 g/mol. The van der Waals surface area contributed by atoms with Crippen molar-refractivity contribution in [2.24, 2.45) is 0 Å². The van der Waals surface area contributed by atoms with Gasteiger partial charge in [0.05, 0.1) is 16.3 Å². The Hall–Kier alpha value is -2.38. The Balaban J connectivity index is 2.26. The van der Waals surface area contributed by atoms with Gasteiger partial charge < -0.3 is 5.32 Å². The van der Waals surface area contributed by atoms with Crippen LogP contribution in [0.4, 0.5) is 10.1 Å². The summed E-state index contributed by atoms with van der Waals surface area (Å²) in [5.41, 5.74) is 0.720. The highest BCUT2D eigenvalue weighted by Gasteiger charge is 2.11. The maximum absolute atomic E-state index is 13.6. The van der Waals surface area contributed by atoms with E-state index in [1.807, 2.05) is 0 Å². The molecule has 0 spiro atoms. The molecule has 0 aliphatic rings. The van der Waals surface area contributed by atoms with E-state index in [-0.39, 0.29) is 16.3 Å². The van der Waals surface area contributed by atoms with Gasteiger partial charge in [-0.25, -0.2) is 4.39 Å². The van der Waals surface area contributed by atoms with E-state index in [1.165, 1.54) is 36.7 Å². The summed E-state index contributed by atoms with van der Waals surface area (Å²) in [7, 11) is 0. The Kier molecular flexibility index (Phi) is 3.79. The first-order valence-corrected chi connectivity index (χ1v) is 5.66. The molecule has 3 nitrogen and oxygen atoms in total. The lowest BCUT2D eigenvalue weighted by Crippen LogP contribution is -2.13. The van der Waals surface area contributed by atoms with Gasteiger partial charge in [-0.2, -0.15) is 0 Å². The SMILES string of the molecule is C#Cc1cncc(C(=O)Nc2cccc(Cl)c2F)c1. The standard InChI is InChI=1S/C14H8ClFN2O/c1-2-9-6-10(8-17-7-9)14(19)18-12-5-3-4-11(15)13(12)16/h1,3-8H,(H,18,19). The summed E-state index contributed by atoms with van der Waals surface area (Å²) in [5, 5.41) is 2.35. The smallest absolute Gasteiger partial charge is 0.257 e. The fraction of sp³-hybridized carbons (Fsp3) is 0. The lowest BCUT2D eigenvalue weighted by Gasteiger charge is -2.07. The van der Waals surface area contributed by atoms with Crippen LogP contribution in [0.2, 0.25) is 5.02 Å². The second-order valence-corrected chi connectivity index (χ2v) is 4.07. The lowest BCUT2D eigenvalue weighted by atomic mass is 10.2. The average Bonchev–Trinajstić information content (AvgIpc) is 2.44. The minimum Gasteiger partial charge on any atom is -0.319 e. The van der Waals surface area contributed by atoms with Crippen molar-refractivity contribution in [3.8, 4) is 12.3 Å². The summed E-state index contributed by atoms with van der Waals surface area (Å²) in [6.07, 6.45) is 8.02. The van der Waals surface area contributed by atoms with Gasteiger partial charge in [0.1, 0.15) is 0 Å². The average molecular weight is 275 g/mol. The van der Waals surface area contributed by atoms with Gasteiger partial charge in [0.15, 0.2) is 5.82 Å². The van der Waals surface area contributed by atoms with E-state index in [0.29, 0.717) is 5.56 Å². The number of carbonyl (C=O) groups excluding carboxylic acids is 1. The third kappa shape index (κ3) is 2.90. The number of rotatable bonds is 2. The third-order valence-electron chi connectivity index (χ3n) is 2.37.